The molecule has 0 aromatic rings. The highest BCUT2D eigenvalue weighted by Gasteiger charge is 2.33. The van der Waals surface area contributed by atoms with Gasteiger partial charge in [0.25, 0.3) is 0 Å². The molecule has 0 aromatic carbocycles. The lowest BCUT2D eigenvalue weighted by atomic mass is 10.3. The topological polar surface area (TPSA) is 37.0 Å². The van der Waals surface area contributed by atoms with Crippen LogP contribution >= 0.6 is 0 Å². The van der Waals surface area contributed by atoms with Crippen molar-refractivity contribution >= 4 is 8.56 Å². The highest BCUT2D eigenvalue weighted by Crippen LogP contribution is 2.17. The molecule has 0 saturated heterocycles. The highest BCUT2D eigenvalue weighted by molar-refractivity contribution is 6.67. The van der Waals surface area contributed by atoms with Crippen molar-refractivity contribution in [3.8, 4) is 0 Å². The van der Waals surface area contributed by atoms with Crippen LogP contribution in [0.25, 0.3) is 0 Å². The predicted molar refractivity (Wildman–Crippen MR) is 107 cm³/mol. The lowest BCUT2D eigenvalue weighted by molar-refractivity contribution is 0.218. The van der Waals surface area contributed by atoms with Gasteiger partial charge < -0.3 is 24.0 Å². The molecule has 0 unspecified atom stereocenters. The van der Waals surface area contributed by atoms with E-state index in [1.807, 2.05) is 14.2 Å². The van der Waals surface area contributed by atoms with Crippen LogP contribution in [-0.4, -0.2) is 85.4 Å². The lowest BCUT2D eigenvalue weighted by Gasteiger charge is -2.30. The minimum atomic E-state index is -1.98. The maximum absolute atomic E-state index is 5.77. The molecule has 0 heterocycles. The highest BCUT2D eigenvalue weighted by atomic mass is 28.4. The lowest BCUT2D eigenvalue weighted by Crippen LogP contribution is -2.43. The van der Waals surface area contributed by atoms with E-state index in [4.69, 9.17) is 8.85 Å². The van der Waals surface area contributed by atoms with Gasteiger partial charge in [-0.2, -0.15) is 0 Å². The first-order valence-electron chi connectivity index (χ1n) is 9.79. The fraction of sp³-hybridized carbons (Fsp3) is 1.00. The summed E-state index contributed by atoms with van der Waals surface area (Å²) in [5.41, 5.74) is 0. The molecule has 146 valence electrons. The Balaban J connectivity index is 4.33. The molecule has 0 aliphatic rings. The molecular weight excluding hydrogens is 318 g/mol. The Kier molecular flexibility index (Phi) is 15.3. The molecule has 6 heteroatoms. The van der Waals surface area contributed by atoms with Crippen molar-refractivity contribution in [2.75, 3.05) is 67.1 Å². The van der Waals surface area contributed by atoms with Crippen LogP contribution in [0.15, 0.2) is 0 Å². The summed E-state index contributed by atoms with van der Waals surface area (Å²) >= 11 is 0. The summed E-state index contributed by atoms with van der Waals surface area (Å²) in [7, 11) is 3.85. The van der Waals surface area contributed by atoms with E-state index >= 15 is 0 Å². The van der Waals surface area contributed by atoms with Crippen molar-refractivity contribution in [1.82, 2.24) is 15.1 Å². The van der Waals surface area contributed by atoms with E-state index in [1.165, 1.54) is 32.4 Å². The van der Waals surface area contributed by atoms with E-state index < -0.39 is 8.56 Å². The second-order valence-corrected chi connectivity index (χ2v) is 10.5. The summed E-state index contributed by atoms with van der Waals surface area (Å²) in [5, 5.41) is 3.50. The Morgan fingerprint density at radius 1 is 0.875 bits per heavy atom. The van der Waals surface area contributed by atoms with Gasteiger partial charge in [-0.25, -0.2) is 0 Å². The molecule has 0 aliphatic carbocycles. The molecule has 24 heavy (non-hydrogen) atoms. The van der Waals surface area contributed by atoms with Gasteiger partial charge in [-0.05, 0) is 71.6 Å². The molecule has 0 spiro atoms. The molecular formula is C18H43N3O2Si. The van der Waals surface area contributed by atoms with Gasteiger partial charge >= 0.3 is 8.56 Å². The van der Waals surface area contributed by atoms with Crippen molar-refractivity contribution < 1.29 is 8.85 Å². The predicted octanol–water partition coefficient (Wildman–Crippen LogP) is 2.77. The SMILES string of the molecule is CCCNCCCN(CCCN(C)CC)CC[Si](CC)(OC)OC. The van der Waals surface area contributed by atoms with Crippen LogP contribution in [0.2, 0.25) is 12.1 Å². The molecule has 1 N–H and O–H groups in total. The van der Waals surface area contributed by atoms with Gasteiger partial charge in [0.15, 0.2) is 0 Å². The van der Waals surface area contributed by atoms with Gasteiger partial charge in [0, 0.05) is 26.8 Å². The number of nitrogens with one attached hydrogen (secondary N) is 1. The standard InChI is InChI=1S/C18H43N3O2Si/c1-7-12-19-13-10-15-21(16-11-14-20(4)8-2)17-18-24(9-3,22-5)23-6/h19H,7-18H2,1-6H3. The third-order valence-corrected chi connectivity index (χ3v) is 8.45. The van der Waals surface area contributed by atoms with Crippen molar-refractivity contribution in [3.63, 3.8) is 0 Å². The zero-order chi connectivity index (χ0) is 18.3. The summed E-state index contributed by atoms with van der Waals surface area (Å²) in [5.74, 6) is 0. The van der Waals surface area contributed by atoms with E-state index in [0.29, 0.717) is 0 Å². The van der Waals surface area contributed by atoms with Gasteiger partial charge in [0.2, 0.25) is 0 Å². The zero-order valence-corrected chi connectivity index (χ0v) is 18.2. The fourth-order valence-corrected chi connectivity index (χ4v) is 5.03. The largest absolute Gasteiger partial charge is 0.398 e. The summed E-state index contributed by atoms with van der Waals surface area (Å²) in [4.78, 5) is 4.99. The quantitative estimate of drug-likeness (QED) is 0.318. The number of rotatable bonds is 17. The Labute approximate surface area is 152 Å². The van der Waals surface area contributed by atoms with Crippen molar-refractivity contribution in [3.05, 3.63) is 0 Å². The average Bonchev–Trinajstić information content (AvgIpc) is 2.62. The summed E-state index contributed by atoms with van der Waals surface area (Å²) in [6, 6.07) is 2.08. The smallest absolute Gasteiger partial charge is 0.338 e. The number of hydrogen-bond donors (Lipinski definition) is 1. The first kappa shape index (κ1) is 24.0. The molecule has 0 radical (unpaired) electrons. The van der Waals surface area contributed by atoms with Crippen LogP contribution in [0.1, 0.15) is 40.0 Å². The summed E-state index contributed by atoms with van der Waals surface area (Å²) in [6.07, 6.45) is 3.65. The molecule has 0 aromatic heterocycles. The van der Waals surface area contributed by atoms with E-state index in [2.05, 4.69) is 42.9 Å². The summed E-state index contributed by atoms with van der Waals surface area (Å²) in [6.45, 7) is 14.6. The third-order valence-electron chi connectivity index (χ3n) is 4.90. The normalized spacial score (nSPS) is 12.5. The third kappa shape index (κ3) is 10.8. The Morgan fingerprint density at radius 2 is 1.54 bits per heavy atom. The van der Waals surface area contributed by atoms with Crippen LogP contribution < -0.4 is 5.32 Å². The molecule has 5 nitrogen and oxygen atoms in total. The van der Waals surface area contributed by atoms with E-state index in [1.54, 1.807) is 0 Å². The first-order chi connectivity index (χ1) is 11.6. The summed E-state index contributed by atoms with van der Waals surface area (Å²) < 4.78 is 11.5. The molecule has 0 saturated carbocycles. The van der Waals surface area contributed by atoms with Gasteiger partial charge in [-0.1, -0.05) is 20.8 Å². The number of hydrogen-bond acceptors (Lipinski definition) is 5. The van der Waals surface area contributed by atoms with Crippen LogP contribution in [0.4, 0.5) is 0 Å². The molecule has 0 atom stereocenters. The van der Waals surface area contributed by atoms with E-state index in [0.717, 1.165) is 44.8 Å². The monoisotopic (exact) mass is 361 g/mol. The molecule has 0 bridgehead atoms. The van der Waals surface area contributed by atoms with Crippen molar-refractivity contribution in [2.45, 2.75) is 52.1 Å². The number of nitrogens with zero attached hydrogens (tertiary/aromatic N) is 2. The van der Waals surface area contributed by atoms with Gasteiger partial charge in [-0.15, -0.1) is 0 Å². The Morgan fingerprint density at radius 3 is 2.08 bits per heavy atom. The molecule has 0 aliphatic heterocycles. The second kappa shape index (κ2) is 15.3. The van der Waals surface area contributed by atoms with Gasteiger partial charge in [0.05, 0.1) is 0 Å². The van der Waals surface area contributed by atoms with Crippen molar-refractivity contribution in [2.24, 2.45) is 0 Å². The second-order valence-electron chi connectivity index (χ2n) is 6.62. The Bertz CT molecular complexity index is 271. The first-order valence-corrected chi connectivity index (χ1v) is 12.0. The van der Waals surface area contributed by atoms with Crippen LogP contribution in [0.3, 0.4) is 0 Å². The average molecular weight is 362 g/mol. The van der Waals surface area contributed by atoms with Gasteiger partial charge in [0.1, 0.15) is 0 Å². The maximum Gasteiger partial charge on any atom is 0.338 e. The molecule has 0 rings (SSSR count). The minimum Gasteiger partial charge on any atom is -0.398 e. The van der Waals surface area contributed by atoms with E-state index in [-0.39, 0.29) is 0 Å². The maximum atomic E-state index is 5.77. The fourth-order valence-electron chi connectivity index (χ4n) is 2.87. The molecule has 0 amide bonds. The van der Waals surface area contributed by atoms with Crippen LogP contribution in [0.5, 0.6) is 0 Å². The zero-order valence-electron chi connectivity index (χ0n) is 17.2. The molecule has 0 fully saturated rings. The van der Waals surface area contributed by atoms with Crippen molar-refractivity contribution in [1.29, 1.82) is 0 Å². The Hall–Kier alpha value is 0.0169. The minimum absolute atomic E-state index is 1.02. The van der Waals surface area contributed by atoms with Crippen LogP contribution in [0, 0.1) is 0 Å². The van der Waals surface area contributed by atoms with E-state index in [9.17, 15) is 0 Å². The van der Waals surface area contributed by atoms with Gasteiger partial charge in [-0.3, -0.25) is 0 Å². The van der Waals surface area contributed by atoms with Crippen LogP contribution in [-0.2, 0) is 8.85 Å².